The van der Waals surface area contributed by atoms with Gasteiger partial charge in [-0.15, -0.1) is 0 Å². The second-order valence-electron chi connectivity index (χ2n) is 4.08. The Balaban J connectivity index is 1.98. The Kier molecular flexibility index (Phi) is 3.92. The molecule has 0 saturated carbocycles. The first-order valence-electron chi connectivity index (χ1n) is 5.85. The molecule has 0 atom stereocenters. The first kappa shape index (κ1) is 12.1. The van der Waals surface area contributed by atoms with Gasteiger partial charge in [0.2, 0.25) is 0 Å². The third-order valence-corrected chi connectivity index (χ3v) is 2.56. The highest BCUT2D eigenvalue weighted by atomic mass is 16.1. The quantitative estimate of drug-likeness (QED) is 0.647. The largest absolute Gasteiger partial charge is 0.362 e. The minimum Gasteiger partial charge on any atom is -0.362 e. The lowest BCUT2D eigenvalue weighted by Gasteiger charge is -2.01. The van der Waals surface area contributed by atoms with Crippen LogP contribution in [0.1, 0.15) is 15.9 Å². The van der Waals surface area contributed by atoms with Crippen LogP contribution in [0.2, 0.25) is 0 Å². The summed E-state index contributed by atoms with van der Waals surface area (Å²) in [5.74, 6) is -0.00393. The average molecular weight is 237 g/mol. The zero-order valence-electron chi connectivity index (χ0n) is 10.3. The van der Waals surface area contributed by atoms with Gasteiger partial charge in [-0.25, -0.2) is 0 Å². The molecule has 0 aliphatic heterocycles. The summed E-state index contributed by atoms with van der Waals surface area (Å²) in [6.07, 6.45) is 3.21. The Bertz CT molecular complexity index is 558. The van der Waals surface area contributed by atoms with Gasteiger partial charge in [0, 0.05) is 23.5 Å². The number of ketones is 1. The van der Waals surface area contributed by atoms with Gasteiger partial charge in [0.1, 0.15) is 0 Å². The molecule has 0 amide bonds. The first-order valence-corrected chi connectivity index (χ1v) is 5.85. The van der Waals surface area contributed by atoms with Crippen LogP contribution in [0.4, 0.5) is 5.69 Å². The van der Waals surface area contributed by atoms with Crippen LogP contribution in [0.3, 0.4) is 0 Å². The van der Waals surface area contributed by atoms with Crippen molar-refractivity contribution >= 4 is 11.5 Å². The Morgan fingerprint density at radius 3 is 2.56 bits per heavy atom. The number of aryl methyl sites for hydroxylation is 1. The van der Waals surface area contributed by atoms with Crippen LogP contribution in [0, 0.1) is 6.92 Å². The highest BCUT2D eigenvalue weighted by molar-refractivity contribution is 6.04. The molecule has 0 unspecified atom stereocenters. The molecule has 90 valence electrons. The lowest BCUT2D eigenvalue weighted by Crippen LogP contribution is -1.95. The van der Waals surface area contributed by atoms with Crippen molar-refractivity contribution in [3.63, 3.8) is 0 Å². The van der Waals surface area contributed by atoms with Gasteiger partial charge in [-0.3, -0.25) is 4.79 Å². The number of benzene rings is 2. The van der Waals surface area contributed by atoms with Crippen LogP contribution in [0.15, 0.2) is 66.9 Å². The number of carbonyl (C=O) groups excluding carboxylic acids is 1. The predicted octanol–water partition coefficient (Wildman–Crippen LogP) is 3.80. The second-order valence-corrected chi connectivity index (χ2v) is 4.08. The molecule has 0 fully saturated rings. The van der Waals surface area contributed by atoms with Crippen molar-refractivity contribution in [2.75, 3.05) is 5.32 Å². The van der Waals surface area contributed by atoms with E-state index in [9.17, 15) is 4.79 Å². The lowest BCUT2D eigenvalue weighted by atomic mass is 10.1. The molecule has 2 rings (SSSR count). The molecule has 2 aromatic carbocycles. The SMILES string of the molecule is Cc1cccc(NC=CC(=O)c2ccccc2)c1. The van der Waals surface area contributed by atoms with E-state index >= 15 is 0 Å². The van der Waals surface area contributed by atoms with Crippen molar-refractivity contribution in [3.8, 4) is 0 Å². The topological polar surface area (TPSA) is 29.1 Å². The van der Waals surface area contributed by atoms with Crippen molar-refractivity contribution in [2.24, 2.45) is 0 Å². The van der Waals surface area contributed by atoms with Crippen molar-refractivity contribution in [3.05, 3.63) is 78.0 Å². The van der Waals surface area contributed by atoms with Crippen LogP contribution >= 0.6 is 0 Å². The van der Waals surface area contributed by atoms with E-state index in [1.165, 1.54) is 11.6 Å². The van der Waals surface area contributed by atoms with Crippen molar-refractivity contribution in [2.45, 2.75) is 6.92 Å². The third kappa shape index (κ3) is 3.32. The number of nitrogens with one attached hydrogen (secondary N) is 1. The van der Waals surface area contributed by atoms with Crippen LogP contribution < -0.4 is 5.32 Å². The Labute approximate surface area is 107 Å². The summed E-state index contributed by atoms with van der Waals surface area (Å²) >= 11 is 0. The molecule has 0 aliphatic carbocycles. The Morgan fingerprint density at radius 1 is 1.06 bits per heavy atom. The molecule has 1 N–H and O–H groups in total. The molecule has 0 aliphatic rings. The minimum atomic E-state index is -0.00393. The summed E-state index contributed by atoms with van der Waals surface area (Å²) in [7, 11) is 0. The van der Waals surface area contributed by atoms with Crippen LogP contribution in [0.25, 0.3) is 0 Å². The van der Waals surface area contributed by atoms with Crippen molar-refractivity contribution < 1.29 is 4.79 Å². The lowest BCUT2D eigenvalue weighted by molar-refractivity contribution is 0.104. The summed E-state index contributed by atoms with van der Waals surface area (Å²) in [6.45, 7) is 2.03. The molecule has 2 nitrogen and oxygen atoms in total. The van der Waals surface area contributed by atoms with Crippen LogP contribution in [-0.2, 0) is 0 Å². The van der Waals surface area contributed by atoms with Gasteiger partial charge in [-0.1, -0.05) is 42.5 Å². The number of carbonyl (C=O) groups is 1. The van der Waals surface area contributed by atoms with Gasteiger partial charge < -0.3 is 5.32 Å². The summed E-state index contributed by atoms with van der Waals surface area (Å²) in [6, 6.07) is 17.2. The molecule has 0 spiro atoms. The summed E-state index contributed by atoms with van der Waals surface area (Å²) in [5.41, 5.74) is 2.86. The van der Waals surface area contributed by atoms with Crippen LogP contribution in [-0.4, -0.2) is 5.78 Å². The zero-order valence-corrected chi connectivity index (χ0v) is 10.3. The molecule has 18 heavy (non-hydrogen) atoms. The Morgan fingerprint density at radius 2 is 1.83 bits per heavy atom. The van der Waals surface area contributed by atoms with Gasteiger partial charge in [0.05, 0.1) is 0 Å². The van der Waals surface area contributed by atoms with E-state index in [1.54, 1.807) is 18.3 Å². The maximum absolute atomic E-state index is 11.8. The van der Waals surface area contributed by atoms with Crippen molar-refractivity contribution in [1.29, 1.82) is 0 Å². The van der Waals surface area contributed by atoms with E-state index in [-0.39, 0.29) is 5.78 Å². The van der Waals surface area contributed by atoms with E-state index in [2.05, 4.69) is 5.32 Å². The normalized spacial score (nSPS) is 10.5. The average Bonchev–Trinajstić information content (AvgIpc) is 2.40. The summed E-state index contributed by atoms with van der Waals surface area (Å²) in [4.78, 5) is 11.8. The fourth-order valence-corrected chi connectivity index (χ4v) is 1.65. The second kappa shape index (κ2) is 5.82. The number of hydrogen-bond acceptors (Lipinski definition) is 2. The maximum atomic E-state index is 11.8. The maximum Gasteiger partial charge on any atom is 0.187 e. The first-order chi connectivity index (χ1) is 8.75. The Hall–Kier alpha value is -2.35. The van der Waals surface area contributed by atoms with Crippen molar-refractivity contribution in [1.82, 2.24) is 0 Å². The molecule has 0 saturated heterocycles. The molecule has 0 aromatic heterocycles. The van der Waals surface area contributed by atoms with Gasteiger partial charge in [-0.2, -0.15) is 0 Å². The highest BCUT2D eigenvalue weighted by Crippen LogP contribution is 2.09. The van der Waals surface area contributed by atoms with E-state index in [1.807, 2.05) is 49.4 Å². The van der Waals surface area contributed by atoms with Gasteiger partial charge in [0.25, 0.3) is 0 Å². The van der Waals surface area contributed by atoms with Gasteiger partial charge in [-0.05, 0) is 24.6 Å². The number of rotatable bonds is 4. The molecule has 0 bridgehead atoms. The van der Waals surface area contributed by atoms with E-state index in [0.717, 1.165) is 5.69 Å². The monoisotopic (exact) mass is 237 g/mol. The molecular formula is C16H15NO. The summed E-state index contributed by atoms with van der Waals surface area (Å²) in [5, 5.41) is 3.08. The zero-order chi connectivity index (χ0) is 12.8. The smallest absolute Gasteiger partial charge is 0.187 e. The fraction of sp³-hybridized carbons (Fsp3) is 0.0625. The van der Waals surface area contributed by atoms with E-state index < -0.39 is 0 Å². The number of hydrogen-bond donors (Lipinski definition) is 1. The molecule has 0 radical (unpaired) electrons. The number of allylic oxidation sites excluding steroid dienone is 1. The molecule has 2 aromatic rings. The summed E-state index contributed by atoms with van der Waals surface area (Å²) < 4.78 is 0. The number of anilines is 1. The van der Waals surface area contributed by atoms with Crippen LogP contribution in [0.5, 0.6) is 0 Å². The van der Waals surface area contributed by atoms with E-state index in [0.29, 0.717) is 5.56 Å². The minimum absolute atomic E-state index is 0.00393. The van der Waals surface area contributed by atoms with Gasteiger partial charge >= 0.3 is 0 Å². The standard InChI is InChI=1S/C16H15NO/c1-13-6-5-9-15(12-13)17-11-10-16(18)14-7-3-2-4-8-14/h2-12,17H,1H3. The molecule has 0 heterocycles. The third-order valence-electron chi connectivity index (χ3n) is 2.56. The highest BCUT2D eigenvalue weighted by Gasteiger charge is 1.98. The van der Waals surface area contributed by atoms with E-state index in [4.69, 9.17) is 0 Å². The predicted molar refractivity (Wildman–Crippen MR) is 74.7 cm³/mol. The molecule has 2 heteroatoms. The molecular weight excluding hydrogens is 222 g/mol. The fourth-order valence-electron chi connectivity index (χ4n) is 1.65. The van der Waals surface area contributed by atoms with Gasteiger partial charge in [0.15, 0.2) is 5.78 Å².